The van der Waals surface area contributed by atoms with Crippen molar-refractivity contribution in [1.29, 1.82) is 0 Å². The van der Waals surface area contributed by atoms with Gasteiger partial charge in [0.05, 0.1) is 11.9 Å². The Morgan fingerprint density at radius 2 is 2.05 bits per heavy atom. The third kappa shape index (κ3) is 2.26. The highest BCUT2D eigenvalue weighted by atomic mass is 16.1. The number of anilines is 2. The second kappa shape index (κ2) is 4.45. The zero-order chi connectivity index (χ0) is 13.2. The first kappa shape index (κ1) is 11.3. The maximum absolute atomic E-state index is 12.1. The fourth-order valence-electron chi connectivity index (χ4n) is 1.87. The molecule has 0 unspecified atom stereocenters. The second-order valence-corrected chi connectivity index (χ2v) is 4.20. The smallest absolute Gasteiger partial charge is 0.272 e. The van der Waals surface area contributed by atoms with Gasteiger partial charge in [-0.3, -0.25) is 4.79 Å². The Balaban J connectivity index is 1.85. The first-order valence-electron chi connectivity index (χ1n) is 5.83. The molecule has 5 heteroatoms. The molecular formula is C14H12N4O. The van der Waals surface area contributed by atoms with Gasteiger partial charge in [0, 0.05) is 10.9 Å². The molecule has 2 heterocycles. The number of rotatable bonds is 2. The monoisotopic (exact) mass is 252 g/mol. The predicted molar refractivity (Wildman–Crippen MR) is 74.9 cm³/mol. The highest BCUT2D eigenvalue weighted by Gasteiger charge is 2.09. The lowest BCUT2D eigenvalue weighted by atomic mass is 10.2. The maximum atomic E-state index is 12.1. The molecular weight excluding hydrogens is 240 g/mol. The van der Waals surface area contributed by atoms with Crippen molar-refractivity contribution in [3.05, 3.63) is 54.4 Å². The molecule has 0 aliphatic rings. The van der Waals surface area contributed by atoms with Gasteiger partial charge in [0.25, 0.3) is 5.91 Å². The Hall–Kier alpha value is -2.82. The Morgan fingerprint density at radius 3 is 2.79 bits per heavy atom. The van der Waals surface area contributed by atoms with Crippen LogP contribution in [-0.2, 0) is 0 Å². The molecule has 0 bridgehead atoms. The topological polar surface area (TPSA) is 83.8 Å². The fourth-order valence-corrected chi connectivity index (χ4v) is 1.87. The molecule has 0 atom stereocenters. The third-order valence-corrected chi connectivity index (χ3v) is 2.82. The third-order valence-electron chi connectivity index (χ3n) is 2.82. The number of aromatic nitrogens is 2. The molecule has 0 spiro atoms. The van der Waals surface area contributed by atoms with E-state index in [-0.39, 0.29) is 5.91 Å². The first-order chi connectivity index (χ1) is 9.22. The molecule has 0 radical (unpaired) electrons. The van der Waals surface area contributed by atoms with E-state index in [1.54, 1.807) is 12.1 Å². The SMILES string of the molecule is Nc1ccc(NC(=O)c2cc3ccccc3[nH]2)cn1. The van der Waals surface area contributed by atoms with Gasteiger partial charge < -0.3 is 16.0 Å². The molecule has 0 saturated heterocycles. The van der Waals surface area contributed by atoms with Crippen LogP contribution in [0.15, 0.2) is 48.7 Å². The van der Waals surface area contributed by atoms with Crippen molar-refractivity contribution in [3.8, 4) is 0 Å². The molecule has 1 amide bonds. The summed E-state index contributed by atoms with van der Waals surface area (Å²) in [6, 6.07) is 12.9. The number of para-hydroxylation sites is 1. The van der Waals surface area contributed by atoms with E-state index in [1.165, 1.54) is 6.20 Å². The molecule has 4 N–H and O–H groups in total. The van der Waals surface area contributed by atoms with Crippen molar-refractivity contribution in [3.63, 3.8) is 0 Å². The Morgan fingerprint density at radius 1 is 1.21 bits per heavy atom. The van der Waals surface area contributed by atoms with Gasteiger partial charge in [0.2, 0.25) is 0 Å². The highest BCUT2D eigenvalue weighted by molar-refractivity contribution is 6.05. The number of aromatic amines is 1. The van der Waals surface area contributed by atoms with Gasteiger partial charge in [-0.15, -0.1) is 0 Å². The fraction of sp³-hybridized carbons (Fsp3) is 0. The van der Waals surface area contributed by atoms with Crippen LogP contribution in [0.3, 0.4) is 0 Å². The number of carbonyl (C=O) groups excluding carboxylic acids is 1. The van der Waals surface area contributed by atoms with E-state index in [0.717, 1.165) is 10.9 Å². The van der Waals surface area contributed by atoms with Crippen molar-refractivity contribution < 1.29 is 4.79 Å². The van der Waals surface area contributed by atoms with E-state index < -0.39 is 0 Å². The lowest BCUT2D eigenvalue weighted by Crippen LogP contribution is -2.12. The number of nitrogens with two attached hydrogens (primary N) is 1. The van der Waals surface area contributed by atoms with Gasteiger partial charge in [0.15, 0.2) is 0 Å². The second-order valence-electron chi connectivity index (χ2n) is 4.20. The molecule has 3 aromatic rings. The molecule has 94 valence electrons. The summed E-state index contributed by atoms with van der Waals surface area (Å²) < 4.78 is 0. The maximum Gasteiger partial charge on any atom is 0.272 e. The van der Waals surface area contributed by atoms with E-state index in [1.807, 2.05) is 30.3 Å². The lowest BCUT2D eigenvalue weighted by Gasteiger charge is -2.02. The number of hydrogen-bond acceptors (Lipinski definition) is 3. The number of hydrogen-bond donors (Lipinski definition) is 3. The minimum absolute atomic E-state index is 0.206. The zero-order valence-corrected chi connectivity index (χ0v) is 10.1. The summed E-state index contributed by atoms with van der Waals surface area (Å²) >= 11 is 0. The Bertz CT molecular complexity index is 698. The number of nitrogens with zero attached hydrogens (tertiary/aromatic N) is 1. The number of fused-ring (bicyclic) bond motifs is 1. The van der Waals surface area contributed by atoms with Crippen LogP contribution in [0.1, 0.15) is 10.5 Å². The van der Waals surface area contributed by atoms with Crippen LogP contribution in [0.2, 0.25) is 0 Å². The minimum Gasteiger partial charge on any atom is -0.384 e. The van der Waals surface area contributed by atoms with Crippen molar-refractivity contribution in [2.24, 2.45) is 0 Å². The molecule has 0 aliphatic carbocycles. The van der Waals surface area contributed by atoms with Gasteiger partial charge >= 0.3 is 0 Å². The van der Waals surface area contributed by atoms with Crippen molar-refractivity contribution >= 4 is 28.3 Å². The molecule has 0 saturated carbocycles. The van der Waals surface area contributed by atoms with Crippen LogP contribution in [0.5, 0.6) is 0 Å². The van der Waals surface area contributed by atoms with E-state index >= 15 is 0 Å². The van der Waals surface area contributed by atoms with Crippen LogP contribution in [0.4, 0.5) is 11.5 Å². The van der Waals surface area contributed by atoms with Crippen LogP contribution in [0.25, 0.3) is 10.9 Å². The summed E-state index contributed by atoms with van der Waals surface area (Å²) in [5.41, 5.74) is 7.54. The standard InChI is InChI=1S/C14H12N4O/c15-13-6-5-10(8-16-13)17-14(19)12-7-9-3-1-2-4-11(9)18-12/h1-8,18H,(H2,15,16)(H,17,19). The van der Waals surface area contributed by atoms with E-state index in [9.17, 15) is 4.79 Å². The molecule has 5 nitrogen and oxygen atoms in total. The molecule has 1 aromatic carbocycles. The summed E-state index contributed by atoms with van der Waals surface area (Å²) in [6.07, 6.45) is 1.52. The molecule has 2 aromatic heterocycles. The van der Waals surface area contributed by atoms with E-state index in [0.29, 0.717) is 17.2 Å². The van der Waals surface area contributed by atoms with Crippen molar-refractivity contribution in [1.82, 2.24) is 9.97 Å². The van der Waals surface area contributed by atoms with Crippen LogP contribution < -0.4 is 11.1 Å². The van der Waals surface area contributed by atoms with Gasteiger partial charge in [-0.1, -0.05) is 18.2 Å². The van der Waals surface area contributed by atoms with Crippen LogP contribution in [0, 0.1) is 0 Å². The molecule has 0 fully saturated rings. The summed E-state index contributed by atoms with van der Waals surface area (Å²) in [5.74, 6) is 0.214. The van der Waals surface area contributed by atoms with Crippen LogP contribution in [-0.4, -0.2) is 15.9 Å². The number of carbonyl (C=O) groups is 1. The molecule has 19 heavy (non-hydrogen) atoms. The lowest BCUT2D eigenvalue weighted by molar-refractivity contribution is 0.102. The largest absolute Gasteiger partial charge is 0.384 e. The normalized spacial score (nSPS) is 10.5. The molecule has 3 rings (SSSR count). The zero-order valence-electron chi connectivity index (χ0n) is 10.1. The van der Waals surface area contributed by atoms with Crippen molar-refractivity contribution in [2.75, 3.05) is 11.1 Å². The van der Waals surface area contributed by atoms with Crippen molar-refractivity contribution in [2.45, 2.75) is 0 Å². The summed E-state index contributed by atoms with van der Waals surface area (Å²) in [7, 11) is 0. The number of nitrogen functional groups attached to an aromatic ring is 1. The van der Waals surface area contributed by atoms with Crippen LogP contribution >= 0.6 is 0 Å². The number of H-pyrrole nitrogens is 1. The quantitative estimate of drug-likeness (QED) is 0.654. The highest BCUT2D eigenvalue weighted by Crippen LogP contribution is 2.16. The van der Waals surface area contributed by atoms with Gasteiger partial charge in [-0.2, -0.15) is 0 Å². The predicted octanol–water partition coefficient (Wildman–Crippen LogP) is 2.40. The van der Waals surface area contributed by atoms with Gasteiger partial charge in [0.1, 0.15) is 11.5 Å². The average Bonchev–Trinajstić information content (AvgIpc) is 2.85. The minimum atomic E-state index is -0.206. The summed E-state index contributed by atoms with van der Waals surface area (Å²) in [4.78, 5) is 19.1. The number of nitrogens with one attached hydrogen (secondary N) is 2. The van der Waals surface area contributed by atoms with Gasteiger partial charge in [-0.05, 0) is 24.3 Å². The van der Waals surface area contributed by atoms with E-state index in [4.69, 9.17) is 5.73 Å². The summed E-state index contributed by atoms with van der Waals surface area (Å²) in [5, 5.41) is 3.76. The average molecular weight is 252 g/mol. The Labute approximate surface area is 109 Å². The molecule has 0 aliphatic heterocycles. The number of amides is 1. The number of benzene rings is 1. The van der Waals surface area contributed by atoms with E-state index in [2.05, 4.69) is 15.3 Å². The van der Waals surface area contributed by atoms with Gasteiger partial charge in [-0.25, -0.2) is 4.98 Å². The summed E-state index contributed by atoms with van der Waals surface area (Å²) in [6.45, 7) is 0. The Kier molecular flexibility index (Phi) is 2.64. The first-order valence-corrected chi connectivity index (χ1v) is 5.83. The number of pyridine rings is 1.